The maximum atomic E-state index is 11.6. The summed E-state index contributed by atoms with van der Waals surface area (Å²) in [5, 5.41) is 13.2. The van der Waals surface area contributed by atoms with Crippen molar-refractivity contribution in [2.45, 2.75) is 12.5 Å². The fourth-order valence-electron chi connectivity index (χ4n) is 3.56. The smallest absolute Gasteiger partial charge is 0.295 e. The van der Waals surface area contributed by atoms with Gasteiger partial charge in [-0.2, -0.15) is 0 Å². The zero-order chi connectivity index (χ0) is 20.5. The zero-order valence-corrected chi connectivity index (χ0v) is 16.2. The number of furan rings is 1. The molecule has 29 heavy (non-hydrogen) atoms. The predicted molar refractivity (Wildman–Crippen MR) is 111 cm³/mol. The van der Waals surface area contributed by atoms with Crippen molar-refractivity contribution in [1.82, 2.24) is 14.9 Å². The number of nitrogens with zero attached hydrogens (tertiary/aromatic N) is 4. The van der Waals surface area contributed by atoms with Crippen molar-refractivity contribution in [3.8, 4) is 11.6 Å². The Morgan fingerprint density at radius 1 is 1.17 bits per heavy atom. The van der Waals surface area contributed by atoms with Gasteiger partial charge in [-0.3, -0.25) is 10.1 Å². The van der Waals surface area contributed by atoms with Gasteiger partial charge < -0.3 is 15.1 Å². The fourth-order valence-corrected chi connectivity index (χ4v) is 3.56. The molecular formula is C21H21N5O3. The fraction of sp³-hybridized carbons (Fsp3) is 0.238. The number of para-hydroxylation sites is 2. The molecule has 0 aliphatic carbocycles. The largest absolute Gasteiger partial charge is 0.453 e. The van der Waals surface area contributed by atoms with Crippen molar-refractivity contribution in [3.05, 3.63) is 64.3 Å². The quantitative estimate of drug-likeness (QED) is 0.392. The number of hydrogen-bond donors (Lipinski definition) is 1. The molecule has 0 radical (unpaired) electrons. The summed E-state index contributed by atoms with van der Waals surface area (Å²) in [5.41, 5.74) is 7.47. The van der Waals surface area contributed by atoms with Crippen LogP contribution in [0.15, 0.2) is 52.9 Å². The number of nitro benzene ring substituents is 1. The van der Waals surface area contributed by atoms with Gasteiger partial charge in [-0.05, 0) is 39.2 Å². The molecule has 2 N–H and O–H groups in total. The molecule has 8 heteroatoms. The molecule has 0 saturated carbocycles. The second kappa shape index (κ2) is 7.57. The lowest BCUT2D eigenvalue weighted by Gasteiger charge is -2.24. The highest BCUT2D eigenvalue weighted by atomic mass is 16.6. The number of nitrogens with two attached hydrogens (primary N) is 1. The van der Waals surface area contributed by atoms with Gasteiger partial charge in [-0.15, -0.1) is 0 Å². The van der Waals surface area contributed by atoms with E-state index in [1.165, 1.54) is 6.07 Å². The number of aromatic nitrogens is 2. The second-order valence-electron chi connectivity index (χ2n) is 7.07. The van der Waals surface area contributed by atoms with E-state index < -0.39 is 4.92 Å². The Morgan fingerprint density at radius 3 is 2.66 bits per heavy atom. The molecule has 0 fully saturated rings. The number of rotatable bonds is 6. The van der Waals surface area contributed by atoms with Gasteiger partial charge >= 0.3 is 0 Å². The third-order valence-corrected chi connectivity index (χ3v) is 4.96. The van der Waals surface area contributed by atoms with Crippen LogP contribution < -0.4 is 5.73 Å². The lowest BCUT2D eigenvalue weighted by molar-refractivity contribution is -0.383. The minimum atomic E-state index is -0.421. The Labute approximate surface area is 167 Å². The Bertz CT molecular complexity index is 1170. The summed E-state index contributed by atoms with van der Waals surface area (Å²) in [5.74, 6) is 0.791. The summed E-state index contributed by atoms with van der Waals surface area (Å²) in [6.07, 6.45) is 0.654. The van der Waals surface area contributed by atoms with Crippen molar-refractivity contribution < 1.29 is 9.34 Å². The van der Waals surface area contributed by atoms with Crippen LogP contribution in [0.4, 0.5) is 5.69 Å². The lowest BCUT2D eigenvalue weighted by Crippen LogP contribution is -2.24. The number of fused-ring (bicyclic) bond motifs is 2. The van der Waals surface area contributed by atoms with Crippen LogP contribution in [0.25, 0.3) is 33.5 Å². The summed E-state index contributed by atoms with van der Waals surface area (Å²) in [7, 11) is 3.87. The molecule has 2 aromatic carbocycles. The van der Waals surface area contributed by atoms with Crippen LogP contribution in [0.5, 0.6) is 0 Å². The molecule has 0 aliphatic heterocycles. The van der Waals surface area contributed by atoms with E-state index in [1.807, 2.05) is 55.4 Å². The number of benzene rings is 2. The van der Waals surface area contributed by atoms with E-state index in [9.17, 15) is 10.1 Å². The van der Waals surface area contributed by atoms with E-state index in [0.717, 1.165) is 5.39 Å². The van der Waals surface area contributed by atoms with E-state index in [2.05, 4.69) is 4.98 Å². The number of hydrogen-bond acceptors (Lipinski definition) is 7. The average Bonchev–Trinajstić information content (AvgIpc) is 3.15. The first-order chi connectivity index (χ1) is 14.0. The van der Waals surface area contributed by atoms with Crippen molar-refractivity contribution in [2.24, 2.45) is 5.73 Å². The van der Waals surface area contributed by atoms with Crippen molar-refractivity contribution >= 4 is 27.6 Å². The Morgan fingerprint density at radius 2 is 1.97 bits per heavy atom. The number of nitro groups is 1. The highest BCUT2D eigenvalue weighted by Gasteiger charge is 2.24. The molecule has 0 saturated heterocycles. The lowest BCUT2D eigenvalue weighted by atomic mass is 10.0. The standard InChI is InChI=1S/C21H21N5O3/c1-25(2)15(10-11-22)19-14-7-5-8-16(26(27)28)20(14)24-21(23-19)18-12-13-6-3-4-9-17(13)29-18/h3-9,12,15H,10-11,22H2,1-2H3. The monoisotopic (exact) mass is 391 g/mol. The molecule has 4 aromatic rings. The third-order valence-electron chi connectivity index (χ3n) is 4.96. The van der Waals surface area contributed by atoms with Gasteiger partial charge in [-0.25, -0.2) is 9.97 Å². The molecule has 0 aliphatic rings. The highest BCUT2D eigenvalue weighted by Crippen LogP contribution is 2.34. The Balaban J connectivity index is 2.02. The van der Waals surface area contributed by atoms with Crippen LogP contribution in [0.3, 0.4) is 0 Å². The summed E-state index contributed by atoms with van der Waals surface area (Å²) in [6.45, 7) is 0.462. The summed E-state index contributed by atoms with van der Waals surface area (Å²) in [4.78, 5) is 22.5. The summed E-state index contributed by atoms with van der Waals surface area (Å²) >= 11 is 0. The van der Waals surface area contributed by atoms with E-state index in [-0.39, 0.29) is 11.7 Å². The van der Waals surface area contributed by atoms with Crippen molar-refractivity contribution in [1.29, 1.82) is 0 Å². The van der Waals surface area contributed by atoms with Gasteiger partial charge in [0.05, 0.1) is 16.7 Å². The molecule has 0 bridgehead atoms. The molecule has 148 valence electrons. The van der Waals surface area contributed by atoms with Crippen LogP contribution >= 0.6 is 0 Å². The van der Waals surface area contributed by atoms with Crippen LogP contribution in [0.2, 0.25) is 0 Å². The summed E-state index contributed by atoms with van der Waals surface area (Å²) in [6, 6.07) is 14.3. The minimum absolute atomic E-state index is 0.0613. The first-order valence-electron chi connectivity index (χ1n) is 9.30. The summed E-state index contributed by atoms with van der Waals surface area (Å²) < 4.78 is 5.93. The molecule has 8 nitrogen and oxygen atoms in total. The van der Waals surface area contributed by atoms with E-state index in [4.69, 9.17) is 15.1 Å². The van der Waals surface area contributed by atoms with E-state index >= 15 is 0 Å². The first kappa shape index (κ1) is 19.0. The predicted octanol–water partition coefficient (Wildman–Crippen LogP) is 3.90. The molecular weight excluding hydrogens is 370 g/mol. The molecule has 0 spiro atoms. The topological polar surface area (TPSA) is 111 Å². The molecule has 1 atom stereocenters. The molecule has 2 aromatic heterocycles. The SMILES string of the molecule is CN(C)C(CCN)c1nc(-c2cc3ccccc3o2)nc2c([N+](=O)[O-])cccc12. The van der Waals surface area contributed by atoms with Gasteiger partial charge in [-0.1, -0.05) is 30.3 Å². The van der Waals surface area contributed by atoms with Gasteiger partial charge in [0.1, 0.15) is 5.58 Å². The molecule has 4 rings (SSSR count). The van der Waals surface area contributed by atoms with E-state index in [1.54, 1.807) is 6.07 Å². The minimum Gasteiger partial charge on any atom is -0.453 e. The van der Waals surface area contributed by atoms with Gasteiger partial charge in [0, 0.05) is 16.8 Å². The zero-order valence-electron chi connectivity index (χ0n) is 16.2. The maximum absolute atomic E-state index is 11.6. The van der Waals surface area contributed by atoms with Gasteiger partial charge in [0.25, 0.3) is 5.69 Å². The van der Waals surface area contributed by atoms with Crippen molar-refractivity contribution in [2.75, 3.05) is 20.6 Å². The van der Waals surface area contributed by atoms with Crippen LogP contribution in [-0.4, -0.2) is 40.4 Å². The van der Waals surface area contributed by atoms with Crippen LogP contribution in [-0.2, 0) is 0 Å². The maximum Gasteiger partial charge on any atom is 0.295 e. The first-order valence-corrected chi connectivity index (χ1v) is 9.30. The Kier molecular flexibility index (Phi) is 4.96. The third kappa shape index (κ3) is 3.43. The van der Waals surface area contributed by atoms with Crippen molar-refractivity contribution in [3.63, 3.8) is 0 Å². The second-order valence-corrected chi connectivity index (χ2v) is 7.07. The molecule has 2 heterocycles. The average molecular weight is 391 g/mol. The van der Waals surface area contributed by atoms with Crippen LogP contribution in [0, 0.1) is 10.1 Å². The number of non-ortho nitro benzene ring substituents is 1. The van der Waals surface area contributed by atoms with Gasteiger partial charge in [0.2, 0.25) is 0 Å². The van der Waals surface area contributed by atoms with Crippen LogP contribution in [0.1, 0.15) is 18.2 Å². The van der Waals surface area contributed by atoms with E-state index in [0.29, 0.717) is 46.7 Å². The molecule has 1 unspecified atom stereocenters. The highest BCUT2D eigenvalue weighted by molar-refractivity contribution is 5.91. The van der Waals surface area contributed by atoms with Gasteiger partial charge in [0.15, 0.2) is 17.1 Å². The Hall–Kier alpha value is -3.36. The molecule has 0 amide bonds. The normalized spacial score (nSPS) is 12.7.